The van der Waals surface area contributed by atoms with Gasteiger partial charge in [-0.15, -0.1) is 0 Å². The van der Waals surface area contributed by atoms with Gasteiger partial charge in [-0.3, -0.25) is 14.4 Å². The molecule has 0 aliphatic heterocycles. The maximum atomic E-state index is 12.9. The van der Waals surface area contributed by atoms with Gasteiger partial charge >= 0.3 is 17.9 Å². The van der Waals surface area contributed by atoms with Crippen LogP contribution in [-0.4, -0.2) is 37.2 Å². The van der Waals surface area contributed by atoms with Gasteiger partial charge < -0.3 is 14.2 Å². The highest BCUT2D eigenvalue weighted by molar-refractivity contribution is 5.71. The molecule has 0 spiro atoms. The van der Waals surface area contributed by atoms with Crippen LogP contribution in [0.1, 0.15) is 323 Å². The highest BCUT2D eigenvalue weighted by Crippen LogP contribution is 2.17. The van der Waals surface area contributed by atoms with E-state index in [2.05, 4.69) is 118 Å². The molecule has 1 atom stereocenters. The fourth-order valence-electron chi connectivity index (χ4n) is 9.43. The topological polar surface area (TPSA) is 78.9 Å². The van der Waals surface area contributed by atoms with Gasteiger partial charge in [0.15, 0.2) is 6.10 Å². The number of esters is 3. The first kappa shape index (κ1) is 74.3. The first-order valence-corrected chi connectivity index (χ1v) is 33.2. The molecule has 1 unspecified atom stereocenters. The Morgan fingerprint density at radius 2 is 0.500 bits per heavy atom. The molecule has 0 saturated carbocycles. The largest absolute Gasteiger partial charge is 0.462 e. The number of rotatable bonds is 60. The molecule has 6 heteroatoms. The smallest absolute Gasteiger partial charge is 0.306 e. The SMILES string of the molecule is CC/C=C\C/C=C\C/C=C\C/C=C\CCCCCCCCC(=O)OC(COC(=O)CCCCCC/C=C\C/C=C\C/C=C\C/C=C\CC)COC(=O)CCCCCCCCCCCCCCCCCCCCCCCCCC. The molecule has 0 aliphatic carbocycles. The highest BCUT2D eigenvalue weighted by atomic mass is 16.6. The lowest BCUT2D eigenvalue weighted by molar-refractivity contribution is -0.167. The van der Waals surface area contributed by atoms with Crippen LogP contribution in [-0.2, 0) is 28.6 Å². The van der Waals surface area contributed by atoms with Crippen molar-refractivity contribution in [2.45, 2.75) is 329 Å². The van der Waals surface area contributed by atoms with E-state index in [0.717, 1.165) is 135 Å². The fraction of sp³-hybridized carbons (Fsp3) is 0.736. The lowest BCUT2D eigenvalue weighted by atomic mass is 10.0. The molecule has 0 rings (SSSR count). The van der Waals surface area contributed by atoms with Gasteiger partial charge in [0.2, 0.25) is 0 Å². The average molecular weight is 1090 g/mol. The van der Waals surface area contributed by atoms with Crippen molar-refractivity contribution in [3.05, 3.63) is 97.2 Å². The van der Waals surface area contributed by atoms with E-state index < -0.39 is 6.10 Å². The lowest BCUT2D eigenvalue weighted by Crippen LogP contribution is -2.30. The predicted molar refractivity (Wildman–Crippen MR) is 339 cm³/mol. The molecule has 0 amide bonds. The zero-order valence-electron chi connectivity index (χ0n) is 51.4. The van der Waals surface area contributed by atoms with E-state index in [9.17, 15) is 14.4 Å². The summed E-state index contributed by atoms with van der Waals surface area (Å²) >= 11 is 0. The van der Waals surface area contributed by atoms with Gasteiger partial charge in [-0.05, 0) is 96.3 Å². The lowest BCUT2D eigenvalue weighted by Gasteiger charge is -2.18. The van der Waals surface area contributed by atoms with Crippen LogP contribution >= 0.6 is 0 Å². The minimum Gasteiger partial charge on any atom is -0.462 e. The number of hydrogen-bond acceptors (Lipinski definition) is 6. The number of ether oxygens (including phenoxy) is 3. The van der Waals surface area contributed by atoms with Gasteiger partial charge in [0.1, 0.15) is 13.2 Å². The highest BCUT2D eigenvalue weighted by Gasteiger charge is 2.19. The maximum Gasteiger partial charge on any atom is 0.306 e. The van der Waals surface area contributed by atoms with E-state index in [1.54, 1.807) is 0 Å². The van der Waals surface area contributed by atoms with Gasteiger partial charge in [-0.2, -0.15) is 0 Å². The zero-order valence-corrected chi connectivity index (χ0v) is 51.4. The maximum absolute atomic E-state index is 12.9. The van der Waals surface area contributed by atoms with Crippen LogP contribution < -0.4 is 0 Å². The first-order chi connectivity index (χ1) is 38.5. The molecule has 0 aromatic rings. The van der Waals surface area contributed by atoms with E-state index in [1.807, 2.05) is 0 Å². The summed E-state index contributed by atoms with van der Waals surface area (Å²) in [5, 5.41) is 0. The Morgan fingerprint density at radius 1 is 0.269 bits per heavy atom. The van der Waals surface area contributed by atoms with Crippen LogP contribution in [0.25, 0.3) is 0 Å². The molecule has 0 fully saturated rings. The summed E-state index contributed by atoms with van der Waals surface area (Å²) in [6, 6.07) is 0. The van der Waals surface area contributed by atoms with Crippen LogP contribution in [0.5, 0.6) is 0 Å². The number of carbonyl (C=O) groups is 3. The quantitative estimate of drug-likeness (QED) is 0.0261. The van der Waals surface area contributed by atoms with Crippen LogP contribution in [0.4, 0.5) is 0 Å². The summed E-state index contributed by atoms with van der Waals surface area (Å²) in [5.41, 5.74) is 0. The van der Waals surface area contributed by atoms with E-state index in [4.69, 9.17) is 14.2 Å². The summed E-state index contributed by atoms with van der Waals surface area (Å²) in [6.07, 6.45) is 88.5. The summed E-state index contributed by atoms with van der Waals surface area (Å²) in [7, 11) is 0. The molecule has 6 nitrogen and oxygen atoms in total. The minimum atomic E-state index is -0.797. The van der Waals surface area contributed by atoms with Crippen LogP contribution in [0.15, 0.2) is 97.2 Å². The Kier molecular flexibility index (Phi) is 62.7. The number of allylic oxidation sites excluding steroid dienone is 16. The molecule has 0 heterocycles. The van der Waals surface area contributed by atoms with E-state index in [-0.39, 0.29) is 31.1 Å². The van der Waals surface area contributed by atoms with Gasteiger partial charge in [-0.25, -0.2) is 0 Å². The molecule has 0 aromatic heterocycles. The van der Waals surface area contributed by atoms with Gasteiger partial charge in [0.25, 0.3) is 0 Å². The van der Waals surface area contributed by atoms with Crippen molar-refractivity contribution >= 4 is 17.9 Å². The normalized spacial score (nSPS) is 12.7. The van der Waals surface area contributed by atoms with Crippen molar-refractivity contribution in [2.75, 3.05) is 13.2 Å². The number of unbranched alkanes of at least 4 members (excludes halogenated alkanes) is 33. The second kappa shape index (κ2) is 65.8. The molecular weight excluding hydrogens is 961 g/mol. The summed E-state index contributed by atoms with van der Waals surface area (Å²) < 4.78 is 16.9. The summed E-state index contributed by atoms with van der Waals surface area (Å²) in [4.78, 5) is 38.4. The molecular formula is C72H124O6. The van der Waals surface area contributed by atoms with Crippen LogP contribution in [0, 0.1) is 0 Å². The first-order valence-electron chi connectivity index (χ1n) is 33.2. The van der Waals surface area contributed by atoms with E-state index in [0.29, 0.717) is 19.3 Å². The van der Waals surface area contributed by atoms with Gasteiger partial charge in [0.05, 0.1) is 0 Å². The van der Waals surface area contributed by atoms with E-state index >= 15 is 0 Å². The van der Waals surface area contributed by atoms with Crippen molar-refractivity contribution in [1.82, 2.24) is 0 Å². The number of hydrogen-bond donors (Lipinski definition) is 0. The van der Waals surface area contributed by atoms with Gasteiger partial charge in [-0.1, -0.05) is 304 Å². The van der Waals surface area contributed by atoms with Gasteiger partial charge in [0, 0.05) is 19.3 Å². The fourth-order valence-corrected chi connectivity index (χ4v) is 9.43. The molecule has 0 aromatic carbocycles. The Morgan fingerprint density at radius 3 is 0.782 bits per heavy atom. The monoisotopic (exact) mass is 1080 g/mol. The molecule has 78 heavy (non-hydrogen) atoms. The van der Waals surface area contributed by atoms with Crippen molar-refractivity contribution in [3.63, 3.8) is 0 Å². The predicted octanol–water partition coefficient (Wildman–Crippen LogP) is 22.8. The van der Waals surface area contributed by atoms with Crippen molar-refractivity contribution in [3.8, 4) is 0 Å². The third-order valence-corrected chi connectivity index (χ3v) is 14.3. The molecule has 0 radical (unpaired) electrons. The Bertz CT molecular complexity index is 1530. The Labute approximate surface area is 483 Å². The molecule has 448 valence electrons. The second-order valence-corrected chi connectivity index (χ2v) is 22.0. The average Bonchev–Trinajstić information content (AvgIpc) is 3.44. The molecule has 0 saturated heterocycles. The molecule has 0 bridgehead atoms. The third-order valence-electron chi connectivity index (χ3n) is 14.3. The summed E-state index contributed by atoms with van der Waals surface area (Å²) in [6.45, 7) is 6.42. The van der Waals surface area contributed by atoms with E-state index in [1.165, 1.54) is 148 Å². The minimum absolute atomic E-state index is 0.0895. The van der Waals surface area contributed by atoms with Crippen molar-refractivity contribution < 1.29 is 28.6 Å². The van der Waals surface area contributed by atoms with Crippen LogP contribution in [0.3, 0.4) is 0 Å². The Hall–Kier alpha value is -3.67. The third kappa shape index (κ3) is 63.2. The standard InChI is InChI=1S/C72H124O6/c1-4-7-10-13-16-19-22-25-28-31-33-34-35-36-37-39-41-44-47-50-53-56-59-62-65-71(74)77-68-69(67-76-70(73)64-61-58-55-52-49-46-43-40-30-27-24-21-18-15-12-9-6-3)78-72(75)66-63-60-57-54-51-48-45-42-38-32-29-26-23-20-17-14-11-8-5-2/h8-9,11-12,17-18,20-21,26-27,29-30,38,42-43,46,69H,4-7,10,13-16,19,22-25,28,31-37,39-41,44-45,47-68H2,1-3H3/b11-8-,12-9-,20-17-,21-18-,29-26-,30-27-,42-38-,46-43-. The van der Waals surface area contributed by atoms with Crippen molar-refractivity contribution in [1.29, 1.82) is 0 Å². The zero-order chi connectivity index (χ0) is 56.4. The van der Waals surface area contributed by atoms with Crippen LogP contribution in [0.2, 0.25) is 0 Å². The Balaban J connectivity index is 4.37. The molecule has 0 aliphatic rings. The summed E-state index contributed by atoms with van der Waals surface area (Å²) in [5.74, 6) is -0.915. The van der Waals surface area contributed by atoms with Crippen molar-refractivity contribution in [2.24, 2.45) is 0 Å². The molecule has 0 N–H and O–H groups in total. The number of carbonyl (C=O) groups excluding carboxylic acids is 3. The second-order valence-electron chi connectivity index (χ2n) is 22.0.